The number of halogens is 4. The number of hydrogen-bond acceptors (Lipinski definition) is 6. The number of fused-ring (bicyclic) bond motifs is 2. The smallest absolute Gasteiger partial charge is 0.364 e. The van der Waals surface area contributed by atoms with Gasteiger partial charge in [0.25, 0.3) is 11.5 Å². The van der Waals surface area contributed by atoms with Gasteiger partial charge in [0.15, 0.2) is 0 Å². The zero-order chi connectivity index (χ0) is 34.2. The summed E-state index contributed by atoms with van der Waals surface area (Å²) in [5, 5.41) is 2.61. The molecular formula is C35H35F4N5O4. The fourth-order valence-electron chi connectivity index (χ4n) is 6.78. The summed E-state index contributed by atoms with van der Waals surface area (Å²) in [4.78, 5) is 42.5. The normalized spacial score (nSPS) is 16.5. The van der Waals surface area contributed by atoms with Crippen molar-refractivity contribution in [1.29, 1.82) is 0 Å². The molecule has 0 saturated carbocycles. The largest absolute Gasteiger partial charge is 0.416 e. The summed E-state index contributed by atoms with van der Waals surface area (Å²) < 4.78 is 65.3. The maximum absolute atomic E-state index is 15.1. The van der Waals surface area contributed by atoms with Crippen LogP contribution in [0, 0.1) is 5.82 Å². The lowest BCUT2D eigenvalue weighted by Gasteiger charge is -2.39. The van der Waals surface area contributed by atoms with E-state index in [-0.39, 0.29) is 30.3 Å². The summed E-state index contributed by atoms with van der Waals surface area (Å²) in [7, 11) is 1.56. The lowest BCUT2D eigenvalue weighted by molar-refractivity contribution is -0.138. The number of amides is 1. The van der Waals surface area contributed by atoms with E-state index in [0.717, 1.165) is 32.9 Å². The Morgan fingerprint density at radius 3 is 2.38 bits per heavy atom. The van der Waals surface area contributed by atoms with Gasteiger partial charge in [-0.05, 0) is 48.2 Å². The molecule has 0 aliphatic carbocycles. The zero-order valence-corrected chi connectivity index (χ0v) is 26.2. The Morgan fingerprint density at radius 2 is 1.69 bits per heavy atom. The predicted octanol–water partition coefficient (Wildman–Crippen LogP) is 4.30. The van der Waals surface area contributed by atoms with Crippen LogP contribution in [0.15, 0.2) is 82.4 Å². The first-order valence-corrected chi connectivity index (χ1v) is 15.6. The molecule has 1 saturated heterocycles. The number of nitrogens with one attached hydrogen (secondary N) is 1. The number of hydrogen-bond donors (Lipinski definition) is 2. The molecule has 252 valence electrons. The summed E-state index contributed by atoms with van der Waals surface area (Å²) in [5.41, 5.74) is 4.35. The lowest BCUT2D eigenvalue weighted by Crippen LogP contribution is -2.49. The lowest BCUT2D eigenvalue weighted by atomic mass is 9.85. The second-order valence-electron chi connectivity index (χ2n) is 12.2. The summed E-state index contributed by atoms with van der Waals surface area (Å²) >= 11 is 0. The molecular weight excluding hydrogens is 630 g/mol. The molecule has 9 nitrogen and oxygen atoms in total. The molecule has 1 spiro atoms. The molecule has 0 radical (unpaired) electrons. The first-order valence-electron chi connectivity index (χ1n) is 15.6. The Labute approximate surface area is 273 Å². The molecule has 1 aromatic heterocycles. The SMILES string of the molecule is CNC(=O)c1cccc(CN2CCC3(CC2)OCc2c3c(=O)n(CC(N)c3ccccc3)c(=O)n2Cc2c(F)cccc2C(F)(F)F)c1. The van der Waals surface area contributed by atoms with Gasteiger partial charge < -0.3 is 15.8 Å². The number of rotatable bonds is 8. The van der Waals surface area contributed by atoms with Crippen molar-refractivity contribution in [2.45, 2.75) is 56.9 Å². The van der Waals surface area contributed by atoms with Gasteiger partial charge in [0.2, 0.25) is 0 Å². The van der Waals surface area contributed by atoms with E-state index in [4.69, 9.17) is 10.5 Å². The first-order chi connectivity index (χ1) is 22.9. The van der Waals surface area contributed by atoms with E-state index in [0.29, 0.717) is 43.6 Å². The van der Waals surface area contributed by atoms with E-state index in [9.17, 15) is 27.6 Å². The number of benzene rings is 3. The van der Waals surface area contributed by atoms with Crippen LogP contribution in [0.4, 0.5) is 17.6 Å². The van der Waals surface area contributed by atoms with E-state index in [1.807, 2.05) is 18.2 Å². The number of carbonyl (C=O) groups excluding carboxylic acids is 1. The maximum Gasteiger partial charge on any atom is 0.416 e. The van der Waals surface area contributed by atoms with Crippen LogP contribution in [0.25, 0.3) is 0 Å². The summed E-state index contributed by atoms with van der Waals surface area (Å²) in [6.45, 7) is 0.333. The molecule has 3 heterocycles. The summed E-state index contributed by atoms with van der Waals surface area (Å²) in [6, 6.07) is 18.0. The molecule has 3 aromatic carbocycles. The molecule has 48 heavy (non-hydrogen) atoms. The van der Waals surface area contributed by atoms with Gasteiger partial charge in [0.1, 0.15) is 11.4 Å². The molecule has 1 atom stereocenters. The Bertz CT molecular complexity index is 1950. The highest BCUT2D eigenvalue weighted by molar-refractivity contribution is 5.94. The third-order valence-electron chi connectivity index (χ3n) is 9.31. The molecule has 4 aromatic rings. The van der Waals surface area contributed by atoms with Crippen molar-refractivity contribution in [2.75, 3.05) is 20.1 Å². The number of ether oxygens (including phenoxy) is 1. The Hall–Kier alpha value is -4.59. The molecule has 1 amide bonds. The van der Waals surface area contributed by atoms with Crippen LogP contribution >= 0.6 is 0 Å². The van der Waals surface area contributed by atoms with Gasteiger partial charge >= 0.3 is 11.9 Å². The molecule has 6 rings (SSSR count). The van der Waals surface area contributed by atoms with Crippen molar-refractivity contribution in [1.82, 2.24) is 19.4 Å². The average molecular weight is 666 g/mol. The van der Waals surface area contributed by atoms with Crippen molar-refractivity contribution in [3.8, 4) is 0 Å². The van der Waals surface area contributed by atoms with E-state index >= 15 is 4.39 Å². The van der Waals surface area contributed by atoms with Crippen molar-refractivity contribution in [2.24, 2.45) is 5.73 Å². The van der Waals surface area contributed by atoms with Crippen LogP contribution in [0.2, 0.25) is 0 Å². The Morgan fingerprint density at radius 1 is 0.979 bits per heavy atom. The zero-order valence-electron chi connectivity index (χ0n) is 26.2. The van der Waals surface area contributed by atoms with Gasteiger partial charge in [-0.2, -0.15) is 13.2 Å². The third-order valence-corrected chi connectivity index (χ3v) is 9.31. The van der Waals surface area contributed by atoms with Gasteiger partial charge in [0.05, 0.1) is 36.5 Å². The minimum Gasteiger partial charge on any atom is -0.364 e. The molecule has 3 N–H and O–H groups in total. The Balaban J connectivity index is 1.38. The quantitative estimate of drug-likeness (QED) is 0.272. The van der Waals surface area contributed by atoms with Gasteiger partial charge in [-0.3, -0.25) is 23.6 Å². The fourth-order valence-corrected chi connectivity index (χ4v) is 6.78. The number of piperidine rings is 1. The number of likely N-dealkylation sites (tertiary alicyclic amines) is 1. The fraction of sp³-hybridized carbons (Fsp3) is 0.343. The summed E-state index contributed by atoms with van der Waals surface area (Å²) in [5.74, 6) is -1.32. The summed E-state index contributed by atoms with van der Waals surface area (Å²) in [6.07, 6.45) is -4.15. The maximum atomic E-state index is 15.1. The Kier molecular flexibility index (Phi) is 9.12. The van der Waals surface area contributed by atoms with E-state index in [1.165, 1.54) is 0 Å². The van der Waals surface area contributed by atoms with Crippen LogP contribution < -0.4 is 22.3 Å². The van der Waals surface area contributed by atoms with E-state index in [1.54, 1.807) is 43.4 Å². The number of carbonyl (C=O) groups is 1. The van der Waals surface area contributed by atoms with Crippen LogP contribution in [-0.2, 0) is 42.8 Å². The third kappa shape index (κ3) is 6.32. The van der Waals surface area contributed by atoms with E-state index in [2.05, 4.69) is 10.2 Å². The second kappa shape index (κ2) is 13.1. The van der Waals surface area contributed by atoms with Crippen LogP contribution in [0.5, 0.6) is 0 Å². The number of alkyl halides is 3. The molecule has 1 unspecified atom stereocenters. The van der Waals surface area contributed by atoms with Crippen LogP contribution in [0.1, 0.15) is 62.8 Å². The average Bonchev–Trinajstić information content (AvgIpc) is 3.44. The van der Waals surface area contributed by atoms with Gasteiger partial charge in [-0.1, -0.05) is 48.5 Å². The molecule has 2 aliphatic heterocycles. The predicted molar refractivity (Wildman–Crippen MR) is 170 cm³/mol. The highest BCUT2D eigenvalue weighted by Crippen LogP contribution is 2.43. The second-order valence-corrected chi connectivity index (χ2v) is 12.2. The van der Waals surface area contributed by atoms with Gasteiger partial charge in [0, 0.05) is 43.9 Å². The number of nitrogens with two attached hydrogens (primary N) is 1. The standard InChI is InChI=1S/C35H35F4N5O4/c1-41-31(45)24-10-5-7-22(17-24)18-42-15-13-34(14-16-42)30-29(21-48-34)43(19-25-26(35(37,38)39)11-6-12-27(25)36)33(47)44(32(30)46)20-28(40)23-8-3-2-4-9-23/h2-12,17,28H,13-16,18-21,40H2,1H3,(H,41,45). The van der Waals surface area contributed by atoms with Crippen LogP contribution in [0.3, 0.4) is 0 Å². The van der Waals surface area contributed by atoms with Crippen molar-refractivity contribution >= 4 is 5.91 Å². The highest BCUT2D eigenvalue weighted by atomic mass is 19.4. The first kappa shape index (κ1) is 33.3. The van der Waals surface area contributed by atoms with Crippen molar-refractivity contribution in [3.05, 3.63) is 139 Å². The molecule has 0 bridgehead atoms. The molecule has 13 heteroatoms. The van der Waals surface area contributed by atoms with Gasteiger partial charge in [-0.15, -0.1) is 0 Å². The topological polar surface area (TPSA) is 112 Å². The monoisotopic (exact) mass is 665 g/mol. The van der Waals surface area contributed by atoms with E-state index < -0.39 is 52.6 Å². The molecule has 1 fully saturated rings. The molecule has 2 aliphatic rings. The minimum atomic E-state index is -4.88. The van der Waals surface area contributed by atoms with Gasteiger partial charge in [-0.25, -0.2) is 9.18 Å². The van der Waals surface area contributed by atoms with Crippen molar-refractivity contribution in [3.63, 3.8) is 0 Å². The number of aromatic nitrogens is 2. The minimum absolute atomic E-state index is 0.137. The highest BCUT2D eigenvalue weighted by Gasteiger charge is 2.47. The number of nitrogens with zero attached hydrogens (tertiary/aromatic N) is 3. The van der Waals surface area contributed by atoms with Crippen LogP contribution in [-0.4, -0.2) is 40.1 Å². The van der Waals surface area contributed by atoms with Crippen molar-refractivity contribution < 1.29 is 27.1 Å².